The molecule has 4 heteroatoms. The third-order valence-corrected chi connectivity index (χ3v) is 3.85. The van der Waals surface area contributed by atoms with E-state index >= 15 is 0 Å². The molecule has 1 N–H and O–H groups in total. The van der Waals surface area contributed by atoms with E-state index in [1.807, 2.05) is 4.90 Å². The Kier molecular flexibility index (Phi) is 2.40. The Hall–Kier alpha value is -1.42. The average Bonchev–Trinajstić information content (AvgIpc) is 2.74. The number of hydrogen-bond acceptors (Lipinski definition) is 3. The van der Waals surface area contributed by atoms with Crippen molar-refractivity contribution < 1.29 is 4.79 Å². The first-order chi connectivity index (χ1) is 8.16. The Morgan fingerprint density at radius 3 is 2.88 bits per heavy atom. The molecule has 1 aromatic heterocycles. The van der Waals surface area contributed by atoms with Crippen LogP contribution in [0.5, 0.6) is 0 Å². The van der Waals surface area contributed by atoms with Crippen molar-refractivity contribution in [3.63, 3.8) is 0 Å². The summed E-state index contributed by atoms with van der Waals surface area (Å²) >= 11 is 0. The van der Waals surface area contributed by atoms with Gasteiger partial charge in [-0.05, 0) is 23.6 Å². The molecule has 1 amide bonds. The number of aromatic nitrogens is 1. The molecule has 4 nitrogen and oxygen atoms in total. The number of carbonyl (C=O) groups excluding carboxylic acids is 1. The minimum atomic E-state index is 0.137. The number of carbonyl (C=O) groups is 1. The van der Waals surface area contributed by atoms with E-state index in [-0.39, 0.29) is 5.91 Å². The highest BCUT2D eigenvalue weighted by molar-refractivity contribution is 5.74. The summed E-state index contributed by atoms with van der Waals surface area (Å²) in [6, 6.07) is 0. The zero-order chi connectivity index (χ0) is 12.0. The summed E-state index contributed by atoms with van der Waals surface area (Å²) in [5, 5.41) is 3.39. The minimum absolute atomic E-state index is 0.137. The predicted molar refractivity (Wildman–Crippen MR) is 64.3 cm³/mol. The van der Waals surface area contributed by atoms with Gasteiger partial charge in [-0.1, -0.05) is 0 Å². The van der Waals surface area contributed by atoms with E-state index in [2.05, 4.69) is 12.2 Å². The third kappa shape index (κ3) is 1.63. The third-order valence-electron chi connectivity index (χ3n) is 3.85. The lowest BCUT2D eigenvalue weighted by Crippen LogP contribution is -2.26. The molecule has 0 saturated heterocycles. The zero-order valence-corrected chi connectivity index (χ0v) is 10.3. The van der Waals surface area contributed by atoms with E-state index in [0.29, 0.717) is 6.54 Å². The molecule has 17 heavy (non-hydrogen) atoms. The predicted octanol–water partition coefficient (Wildman–Crippen LogP) is 0.898. The van der Waals surface area contributed by atoms with Gasteiger partial charge < -0.3 is 10.2 Å². The number of fused-ring (bicyclic) bond motifs is 2. The first-order valence-electron chi connectivity index (χ1n) is 6.13. The Morgan fingerprint density at radius 2 is 2.12 bits per heavy atom. The van der Waals surface area contributed by atoms with Crippen LogP contribution in [0.25, 0.3) is 0 Å². The van der Waals surface area contributed by atoms with E-state index in [4.69, 9.17) is 4.98 Å². The van der Waals surface area contributed by atoms with Crippen molar-refractivity contribution in [1.29, 1.82) is 0 Å². The fourth-order valence-electron chi connectivity index (χ4n) is 2.77. The molecule has 2 aliphatic heterocycles. The quantitative estimate of drug-likeness (QED) is 0.721. The number of nitrogens with one attached hydrogen (secondary N) is 1. The molecular formula is C13H17N3O. The van der Waals surface area contributed by atoms with Crippen LogP contribution in [0.15, 0.2) is 0 Å². The van der Waals surface area contributed by atoms with Crippen LogP contribution in [0.3, 0.4) is 0 Å². The number of rotatable bonds is 0. The Labute approximate surface area is 101 Å². The monoisotopic (exact) mass is 231 g/mol. The van der Waals surface area contributed by atoms with Crippen LogP contribution in [-0.2, 0) is 30.8 Å². The average molecular weight is 231 g/mol. The van der Waals surface area contributed by atoms with E-state index in [0.717, 1.165) is 31.7 Å². The fourth-order valence-corrected chi connectivity index (χ4v) is 2.77. The lowest BCUT2D eigenvalue weighted by atomic mass is 9.97. The summed E-state index contributed by atoms with van der Waals surface area (Å²) in [7, 11) is 0. The van der Waals surface area contributed by atoms with Gasteiger partial charge in [0.25, 0.3) is 0 Å². The maximum absolute atomic E-state index is 11.4. The van der Waals surface area contributed by atoms with Gasteiger partial charge >= 0.3 is 0 Å². The lowest BCUT2D eigenvalue weighted by Gasteiger charge is -2.20. The zero-order valence-electron chi connectivity index (χ0n) is 10.3. The molecule has 0 fully saturated rings. The molecule has 0 unspecified atom stereocenters. The molecule has 0 bridgehead atoms. The van der Waals surface area contributed by atoms with Gasteiger partial charge in [0.2, 0.25) is 5.91 Å². The van der Waals surface area contributed by atoms with Gasteiger partial charge in [0.15, 0.2) is 0 Å². The van der Waals surface area contributed by atoms with Crippen molar-refractivity contribution >= 4 is 5.91 Å². The Bertz CT molecular complexity index is 496. The smallest absolute Gasteiger partial charge is 0.220 e. The van der Waals surface area contributed by atoms with E-state index in [1.165, 1.54) is 22.4 Å². The maximum atomic E-state index is 11.4. The van der Waals surface area contributed by atoms with Crippen LogP contribution in [-0.4, -0.2) is 22.3 Å². The van der Waals surface area contributed by atoms with Crippen molar-refractivity contribution in [1.82, 2.24) is 15.2 Å². The first kappa shape index (κ1) is 10.7. The largest absolute Gasteiger partial charge is 0.333 e. The topological polar surface area (TPSA) is 45.2 Å². The van der Waals surface area contributed by atoms with Gasteiger partial charge in [-0.15, -0.1) is 0 Å². The summed E-state index contributed by atoms with van der Waals surface area (Å²) in [6.07, 6.45) is 1.00. The molecule has 0 spiro atoms. The van der Waals surface area contributed by atoms with Crippen LogP contribution in [0.1, 0.15) is 35.0 Å². The molecule has 3 heterocycles. The molecule has 1 aromatic rings. The lowest BCUT2D eigenvalue weighted by molar-refractivity contribution is -0.129. The van der Waals surface area contributed by atoms with Crippen molar-refractivity contribution in [2.75, 3.05) is 6.54 Å². The number of nitrogens with zero attached hydrogens (tertiary/aromatic N) is 2. The molecule has 2 aliphatic rings. The summed E-state index contributed by atoms with van der Waals surface area (Å²) < 4.78 is 0. The Morgan fingerprint density at radius 1 is 1.29 bits per heavy atom. The normalized spacial score (nSPS) is 17.9. The van der Waals surface area contributed by atoms with Crippen LogP contribution in [0, 0.1) is 6.92 Å². The summed E-state index contributed by atoms with van der Waals surface area (Å²) in [5.74, 6) is 0.137. The highest BCUT2D eigenvalue weighted by atomic mass is 16.2. The second-order valence-corrected chi connectivity index (χ2v) is 4.89. The maximum Gasteiger partial charge on any atom is 0.220 e. The summed E-state index contributed by atoms with van der Waals surface area (Å²) in [4.78, 5) is 18.1. The molecule has 0 aliphatic carbocycles. The van der Waals surface area contributed by atoms with Gasteiger partial charge in [0.05, 0.1) is 12.2 Å². The molecular weight excluding hydrogens is 214 g/mol. The van der Waals surface area contributed by atoms with Gasteiger partial charge in [0, 0.05) is 38.7 Å². The van der Waals surface area contributed by atoms with Crippen molar-refractivity contribution in [2.24, 2.45) is 0 Å². The molecule has 90 valence electrons. The molecule has 0 atom stereocenters. The fraction of sp³-hybridized carbons (Fsp3) is 0.538. The van der Waals surface area contributed by atoms with Crippen LogP contribution >= 0.6 is 0 Å². The van der Waals surface area contributed by atoms with Crippen molar-refractivity contribution in [3.05, 3.63) is 28.1 Å². The summed E-state index contributed by atoms with van der Waals surface area (Å²) in [6.45, 7) is 7.14. The van der Waals surface area contributed by atoms with Crippen molar-refractivity contribution in [3.8, 4) is 0 Å². The van der Waals surface area contributed by atoms with Gasteiger partial charge in [-0.2, -0.15) is 0 Å². The number of amides is 1. The van der Waals surface area contributed by atoms with E-state index in [1.54, 1.807) is 6.92 Å². The van der Waals surface area contributed by atoms with Crippen LogP contribution in [0.4, 0.5) is 0 Å². The van der Waals surface area contributed by atoms with Gasteiger partial charge in [-0.25, -0.2) is 0 Å². The number of pyridine rings is 1. The van der Waals surface area contributed by atoms with Crippen LogP contribution in [0.2, 0.25) is 0 Å². The highest BCUT2D eigenvalue weighted by Crippen LogP contribution is 2.29. The Balaban J connectivity index is 2.05. The SMILES string of the molecule is CC(=O)N1Cc2nc3c(c(C)c2C1)CNCC3. The first-order valence-corrected chi connectivity index (χ1v) is 6.13. The standard InChI is InChI=1S/C13H17N3O/c1-8-10-5-14-4-3-12(10)15-13-7-16(9(2)17)6-11(8)13/h14H,3-7H2,1-2H3. The molecule has 3 rings (SSSR count). The van der Waals surface area contributed by atoms with E-state index < -0.39 is 0 Å². The molecule has 0 aromatic carbocycles. The summed E-state index contributed by atoms with van der Waals surface area (Å²) in [5.41, 5.74) is 6.28. The second kappa shape index (κ2) is 3.81. The van der Waals surface area contributed by atoms with E-state index in [9.17, 15) is 4.79 Å². The second-order valence-electron chi connectivity index (χ2n) is 4.89. The van der Waals surface area contributed by atoms with Gasteiger partial charge in [-0.3, -0.25) is 9.78 Å². The highest BCUT2D eigenvalue weighted by Gasteiger charge is 2.27. The van der Waals surface area contributed by atoms with Crippen LogP contribution < -0.4 is 5.32 Å². The van der Waals surface area contributed by atoms with Crippen molar-refractivity contribution in [2.45, 2.75) is 39.9 Å². The molecule has 0 saturated carbocycles. The number of hydrogen-bond donors (Lipinski definition) is 1. The minimum Gasteiger partial charge on any atom is -0.333 e. The molecule has 0 radical (unpaired) electrons. The van der Waals surface area contributed by atoms with Gasteiger partial charge in [0.1, 0.15) is 0 Å².